The quantitative estimate of drug-likeness (QED) is 0.0965. The molecule has 0 saturated carbocycles. The molecule has 0 aliphatic heterocycles. The van der Waals surface area contributed by atoms with Crippen LogP contribution in [0.2, 0.25) is 10.0 Å². The van der Waals surface area contributed by atoms with Gasteiger partial charge in [0, 0.05) is 99.3 Å². The predicted octanol–water partition coefficient (Wildman–Crippen LogP) is 28.2. The second-order valence-corrected chi connectivity index (χ2v) is 29.1. The van der Waals surface area contributed by atoms with E-state index in [0.29, 0.717) is 0 Å². The fourth-order valence-electron chi connectivity index (χ4n) is 14.8. The molecular weight excluding hydrogens is 1400 g/mol. The summed E-state index contributed by atoms with van der Waals surface area (Å²) in [6, 6.07) is 102. The Hall–Kier alpha value is -11.3. The van der Waals surface area contributed by atoms with E-state index in [-0.39, 0.29) is 44.4 Å². The van der Waals surface area contributed by atoms with Crippen LogP contribution in [0.15, 0.2) is 309 Å². The molecule has 18 rings (SSSR count). The molecule has 0 saturated heterocycles. The van der Waals surface area contributed by atoms with E-state index in [9.17, 15) is 0 Å². The molecule has 18 aromatic rings. The van der Waals surface area contributed by atoms with Crippen molar-refractivity contribution in [1.29, 1.82) is 0 Å². The van der Waals surface area contributed by atoms with Crippen LogP contribution in [0, 0.1) is 76.7 Å². The number of nitrogens with one attached hydrogen (secondary N) is 1. The molecule has 4 aromatic heterocycles. The third-order valence-electron chi connectivity index (χ3n) is 20.6. The van der Waals surface area contributed by atoms with Crippen molar-refractivity contribution in [3.05, 3.63) is 364 Å². The second kappa shape index (κ2) is 32.5. The van der Waals surface area contributed by atoms with Gasteiger partial charge in [0.1, 0.15) is 45.4 Å². The van der Waals surface area contributed by atoms with Gasteiger partial charge in [-0.15, -0.1) is 0 Å². The van der Waals surface area contributed by atoms with Crippen LogP contribution in [0.4, 0.5) is 45.5 Å². The van der Waals surface area contributed by atoms with Gasteiger partial charge in [-0.25, -0.2) is 0 Å². The van der Waals surface area contributed by atoms with Gasteiger partial charge in [-0.2, -0.15) is 0 Å². The Bertz CT molecular complexity index is 5840. The number of hydrogen-bond acceptors (Lipinski definition) is 7. The molecule has 0 spiro atoms. The number of halogens is 2. The number of furan rings is 4. The molecular formula is C100H86Cl2N3NaO4. The third kappa shape index (κ3) is 15.6. The standard InChI is InChI=1S/C56H46N2O2.C28H18Cl2O2.C14H15N.CH4.CH3.Na/c1-35-15-7-11-19-49(35)57(50-20-12-8-16-36(50)2)45-23-25-47(39(5)27-45)55-33-43-29-41-32-54-44(30-42(41)31-53(43)59-55)34-56(60-54)48-26-24-46(28-40(48)6)58(51-21-13-9-17-37(51)3)52-22-14-10-18-38(52)4;1-15-7-21(29)3-5-23(15)27-13-19-9-17-12-26-20(10-18(17)11-25(19)31-27)14-28(32-26)24-6-4-22(30)8-16(24)2;1-11-7-3-5-9-13(11)15-14-10-6-4-8-12(14)2;;;/h7-34H,1-6H3;3-14H,1-2H3;3-10,15H,1-2H3;1H4;1H3;/q;;;;-1;+1. The molecule has 0 radical (unpaired) electrons. The van der Waals surface area contributed by atoms with Gasteiger partial charge in [0.05, 0.1) is 0 Å². The van der Waals surface area contributed by atoms with Gasteiger partial charge in [-0.1, -0.05) is 140 Å². The fraction of sp³-hybridized carbons (Fsp3) is 0.110. The van der Waals surface area contributed by atoms with Crippen molar-refractivity contribution in [3.63, 3.8) is 0 Å². The first kappa shape index (κ1) is 76.9. The van der Waals surface area contributed by atoms with E-state index < -0.39 is 0 Å². The van der Waals surface area contributed by atoms with E-state index in [4.69, 9.17) is 40.9 Å². The summed E-state index contributed by atoms with van der Waals surface area (Å²) in [5.41, 5.74) is 28.8. The molecule has 0 aliphatic rings. The summed E-state index contributed by atoms with van der Waals surface area (Å²) < 4.78 is 25.7. The minimum absolute atomic E-state index is 0. The number of para-hydroxylation sites is 6. The van der Waals surface area contributed by atoms with Gasteiger partial charge in [-0.3, -0.25) is 0 Å². The van der Waals surface area contributed by atoms with Crippen molar-refractivity contribution in [3.8, 4) is 45.3 Å². The van der Waals surface area contributed by atoms with Crippen LogP contribution < -0.4 is 44.7 Å². The first-order chi connectivity index (χ1) is 51.9. The molecule has 0 unspecified atom stereocenters. The Kier molecular flexibility index (Phi) is 22.7. The summed E-state index contributed by atoms with van der Waals surface area (Å²) in [4.78, 5) is 4.72. The van der Waals surface area contributed by atoms with Crippen LogP contribution in [0.3, 0.4) is 0 Å². The molecule has 540 valence electrons. The fourth-order valence-corrected chi connectivity index (χ4v) is 15.2. The van der Waals surface area contributed by atoms with E-state index in [1.807, 2.05) is 62.4 Å². The molecule has 10 heteroatoms. The van der Waals surface area contributed by atoms with Gasteiger partial charge in [0.15, 0.2) is 0 Å². The van der Waals surface area contributed by atoms with E-state index >= 15 is 0 Å². The van der Waals surface area contributed by atoms with Crippen molar-refractivity contribution >= 4 is 134 Å². The molecule has 0 atom stereocenters. The Morgan fingerprint density at radius 2 is 0.491 bits per heavy atom. The Morgan fingerprint density at radius 3 is 0.745 bits per heavy atom. The maximum Gasteiger partial charge on any atom is 1.00 e. The van der Waals surface area contributed by atoms with Gasteiger partial charge in [0.2, 0.25) is 0 Å². The second-order valence-electron chi connectivity index (χ2n) is 28.2. The van der Waals surface area contributed by atoms with E-state index in [1.165, 1.54) is 67.5 Å². The van der Waals surface area contributed by atoms with Crippen molar-refractivity contribution in [1.82, 2.24) is 0 Å². The van der Waals surface area contributed by atoms with Gasteiger partial charge in [-0.05, 0) is 328 Å². The van der Waals surface area contributed by atoms with Crippen LogP contribution in [0.25, 0.3) is 111 Å². The summed E-state index contributed by atoms with van der Waals surface area (Å²) in [6.45, 7) is 21.3. The topological polar surface area (TPSA) is 71.1 Å². The van der Waals surface area contributed by atoms with E-state index in [1.54, 1.807) is 0 Å². The Balaban J connectivity index is 0.000000176. The largest absolute Gasteiger partial charge is 1.00 e. The Morgan fingerprint density at radius 1 is 0.245 bits per heavy atom. The molecule has 0 fully saturated rings. The van der Waals surface area contributed by atoms with Gasteiger partial charge < -0.3 is 40.2 Å². The zero-order valence-electron chi connectivity index (χ0n) is 63.5. The minimum Gasteiger partial charge on any atom is -0.456 e. The SMILES string of the molecule is C.Cc1cc(Cl)ccc1-c1cc2cc3cc4oc(-c5ccc(Cl)cc5C)cc4cc3cc2o1.Cc1cc(N(c2ccccc2C)c2ccccc2C)ccc1-c1cc2cc3cc4oc(-c5ccc(N(c6ccccc6C)c6ccccc6C)cc5C)cc4cc3cc2o1.Cc1ccccc1Nc1ccccc1C.[CH3-].[Na+]. The summed E-state index contributed by atoms with van der Waals surface area (Å²) >= 11 is 12.2. The van der Waals surface area contributed by atoms with Crippen molar-refractivity contribution in [2.45, 2.75) is 76.7 Å². The predicted molar refractivity (Wildman–Crippen MR) is 465 cm³/mol. The molecule has 7 nitrogen and oxygen atoms in total. The molecule has 14 aromatic carbocycles. The van der Waals surface area contributed by atoms with Crippen LogP contribution >= 0.6 is 23.2 Å². The van der Waals surface area contributed by atoms with Gasteiger partial charge in [0.25, 0.3) is 0 Å². The number of benzene rings is 14. The van der Waals surface area contributed by atoms with E-state index in [2.05, 4.69) is 313 Å². The number of anilines is 8. The summed E-state index contributed by atoms with van der Waals surface area (Å²) in [5, 5.41) is 13.6. The number of hydrogen-bond donors (Lipinski definition) is 1. The first-order valence-electron chi connectivity index (χ1n) is 36.2. The summed E-state index contributed by atoms with van der Waals surface area (Å²) in [6.07, 6.45) is 0. The van der Waals surface area contributed by atoms with Crippen LogP contribution in [-0.4, -0.2) is 0 Å². The van der Waals surface area contributed by atoms with Crippen LogP contribution in [0.5, 0.6) is 0 Å². The number of nitrogens with zero attached hydrogens (tertiary/aromatic N) is 2. The number of fused-ring (bicyclic) bond motifs is 6. The van der Waals surface area contributed by atoms with Gasteiger partial charge >= 0.3 is 29.6 Å². The average Bonchev–Trinajstić information content (AvgIpc) is 1.56. The summed E-state index contributed by atoms with van der Waals surface area (Å²) in [7, 11) is 0. The average molecular weight is 1490 g/mol. The maximum absolute atomic E-state index is 6.62. The number of aryl methyl sites for hydroxylation is 10. The van der Waals surface area contributed by atoms with Crippen molar-refractivity contribution in [2.24, 2.45) is 0 Å². The molecule has 0 amide bonds. The summed E-state index contributed by atoms with van der Waals surface area (Å²) in [5.74, 6) is 3.40. The minimum atomic E-state index is 0. The van der Waals surface area contributed by atoms with Crippen molar-refractivity contribution in [2.75, 3.05) is 15.1 Å². The molecule has 0 bridgehead atoms. The van der Waals surface area contributed by atoms with Crippen LogP contribution in [0.1, 0.15) is 63.1 Å². The van der Waals surface area contributed by atoms with Crippen LogP contribution in [-0.2, 0) is 0 Å². The molecule has 0 aliphatic carbocycles. The smallest absolute Gasteiger partial charge is 0.456 e. The normalized spacial score (nSPS) is 11.1. The third-order valence-corrected chi connectivity index (χ3v) is 21.1. The molecule has 1 N–H and O–H groups in total. The zero-order chi connectivity index (χ0) is 73.7. The number of rotatable bonds is 12. The zero-order valence-corrected chi connectivity index (χ0v) is 67.0. The molecule has 4 heterocycles. The van der Waals surface area contributed by atoms with E-state index in [0.717, 1.165) is 154 Å². The van der Waals surface area contributed by atoms with Crippen molar-refractivity contribution < 1.29 is 47.2 Å². The first-order valence-corrected chi connectivity index (χ1v) is 37.0. The Labute approximate surface area is 677 Å². The molecule has 110 heavy (non-hydrogen) atoms. The maximum atomic E-state index is 6.62. The monoisotopic (exact) mass is 1490 g/mol.